The number of hydrogen-bond acceptors (Lipinski definition) is 6. The number of rotatable bonds is 6. The molecule has 0 amide bonds. The molecule has 6 heteroatoms. The van der Waals surface area contributed by atoms with Crippen LogP contribution in [0.15, 0.2) is 29.1 Å². The van der Waals surface area contributed by atoms with Crippen LogP contribution < -0.4 is 14.8 Å². The Bertz CT molecular complexity index is 514. The summed E-state index contributed by atoms with van der Waals surface area (Å²) in [7, 11) is 3.53. The third kappa shape index (κ3) is 3.23. The molecular formula is C13H17N3O3. The van der Waals surface area contributed by atoms with Crippen LogP contribution in [0.4, 0.5) is 0 Å². The van der Waals surface area contributed by atoms with Gasteiger partial charge in [-0.15, -0.1) is 0 Å². The van der Waals surface area contributed by atoms with Crippen LogP contribution in [-0.4, -0.2) is 24.3 Å². The van der Waals surface area contributed by atoms with Crippen LogP contribution in [0.2, 0.25) is 0 Å². The fraction of sp³-hybridized carbons (Fsp3) is 0.385. The zero-order chi connectivity index (χ0) is 13.7. The van der Waals surface area contributed by atoms with Gasteiger partial charge in [0.2, 0.25) is 12.2 Å². The Hall–Kier alpha value is -2.08. The van der Waals surface area contributed by atoms with Crippen molar-refractivity contribution in [2.75, 3.05) is 14.2 Å². The molecule has 0 fully saturated rings. The second kappa shape index (κ2) is 6.19. The van der Waals surface area contributed by atoms with E-state index >= 15 is 0 Å². The minimum atomic E-state index is 0.244. The average Bonchev–Trinajstić information content (AvgIpc) is 2.97. The molecule has 1 aromatic carbocycles. The van der Waals surface area contributed by atoms with Gasteiger partial charge in [0.25, 0.3) is 0 Å². The lowest BCUT2D eigenvalue weighted by atomic mass is 10.1. The third-order valence-corrected chi connectivity index (χ3v) is 2.88. The standard InChI is InChI=1S/C13H17N3O3/c1-9(14-2)10-4-5-11(12(6-10)17-3)18-7-13-15-8-19-16-13/h4-6,8-9,14H,7H2,1-3H3. The second-order valence-corrected chi connectivity index (χ2v) is 4.06. The lowest BCUT2D eigenvalue weighted by Gasteiger charge is -2.14. The largest absolute Gasteiger partial charge is 0.493 e. The monoisotopic (exact) mass is 263 g/mol. The molecule has 1 unspecified atom stereocenters. The van der Waals surface area contributed by atoms with E-state index in [0.717, 1.165) is 5.56 Å². The van der Waals surface area contributed by atoms with Gasteiger partial charge in [-0.25, -0.2) is 0 Å². The van der Waals surface area contributed by atoms with Crippen LogP contribution >= 0.6 is 0 Å². The quantitative estimate of drug-likeness (QED) is 0.859. The third-order valence-electron chi connectivity index (χ3n) is 2.88. The lowest BCUT2D eigenvalue weighted by Crippen LogP contribution is -2.12. The number of hydrogen-bond donors (Lipinski definition) is 1. The first kappa shape index (κ1) is 13.4. The molecule has 2 aromatic rings. The van der Waals surface area contributed by atoms with Crippen LogP contribution in [0, 0.1) is 0 Å². The molecule has 0 spiro atoms. The minimum Gasteiger partial charge on any atom is -0.493 e. The maximum atomic E-state index is 5.61. The molecule has 1 heterocycles. The predicted molar refractivity (Wildman–Crippen MR) is 69.1 cm³/mol. The molecule has 1 aromatic heterocycles. The summed E-state index contributed by atoms with van der Waals surface area (Å²) in [5.41, 5.74) is 1.13. The minimum absolute atomic E-state index is 0.244. The molecule has 0 bridgehead atoms. The highest BCUT2D eigenvalue weighted by molar-refractivity contribution is 5.43. The van der Waals surface area contributed by atoms with Crippen LogP contribution in [0.1, 0.15) is 24.4 Å². The van der Waals surface area contributed by atoms with E-state index < -0.39 is 0 Å². The van der Waals surface area contributed by atoms with Gasteiger partial charge >= 0.3 is 0 Å². The summed E-state index contributed by atoms with van der Waals surface area (Å²) in [6.45, 7) is 2.32. The first-order chi connectivity index (χ1) is 9.24. The maximum Gasteiger partial charge on any atom is 0.213 e. The zero-order valence-corrected chi connectivity index (χ0v) is 11.2. The van der Waals surface area contributed by atoms with E-state index in [0.29, 0.717) is 17.3 Å². The number of nitrogens with zero attached hydrogens (tertiary/aromatic N) is 2. The summed E-state index contributed by atoms with van der Waals surface area (Å²) in [4.78, 5) is 3.89. The summed E-state index contributed by atoms with van der Waals surface area (Å²) in [5, 5.41) is 6.86. The summed E-state index contributed by atoms with van der Waals surface area (Å²) in [5.74, 6) is 1.83. The highest BCUT2D eigenvalue weighted by Gasteiger charge is 2.10. The molecule has 1 atom stereocenters. The summed E-state index contributed by atoms with van der Waals surface area (Å²) in [6.07, 6.45) is 1.27. The van der Waals surface area contributed by atoms with E-state index in [1.54, 1.807) is 7.11 Å². The van der Waals surface area contributed by atoms with Gasteiger partial charge in [0.1, 0.15) is 0 Å². The van der Waals surface area contributed by atoms with Crippen molar-refractivity contribution in [3.05, 3.63) is 36.0 Å². The Morgan fingerprint density at radius 1 is 1.37 bits per heavy atom. The fourth-order valence-electron chi connectivity index (χ4n) is 1.64. The normalized spacial score (nSPS) is 12.2. The zero-order valence-electron chi connectivity index (χ0n) is 11.2. The number of nitrogens with one attached hydrogen (secondary N) is 1. The van der Waals surface area contributed by atoms with Crippen LogP contribution in [0.5, 0.6) is 11.5 Å². The van der Waals surface area contributed by atoms with Gasteiger partial charge in [-0.1, -0.05) is 11.2 Å². The lowest BCUT2D eigenvalue weighted by molar-refractivity contribution is 0.269. The van der Waals surface area contributed by atoms with Gasteiger partial charge < -0.3 is 19.3 Å². The van der Waals surface area contributed by atoms with Crippen molar-refractivity contribution in [2.24, 2.45) is 0 Å². The van der Waals surface area contributed by atoms with E-state index in [2.05, 4.69) is 26.9 Å². The Kier molecular flexibility index (Phi) is 4.35. The molecule has 0 aliphatic carbocycles. The summed E-state index contributed by atoms with van der Waals surface area (Å²) < 4.78 is 15.6. The Balaban J connectivity index is 2.11. The van der Waals surface area contributed by atoms with Crippen molar-refractivity contribution in [1.82, 2.24) is 15.5 Å². The van der Waals surface area contributed by atoms with E-state index in [1.165, 1.54) is 6.39 Å². The average molecular weight is 263 g/mol. The predicted octanol–water partition coefficient (Wildman–Crippen LogP) is 1.94. The molecule has 1 N–H and O–H groups in total. The van der Waals surface area contributed by atoms with E-state index in [-0.39, 0.29) is 12.6 Å². The first-order valence-corrected chi connectivity index (χ1v) is 5.98. The molecular weight excluding hydrogens is 246 g/mol. The van der Waals surface area contributed by atoms with E-state index in [1.807, 2.05) is 25.2 Å². The van der Waals surface area contributed by atoms with Gasteiger partial charge in [-0.2, -0.15) is 4.98 Å². The maximum absolute atomic E-state index is 5.61. The van der Waals surface area contributed by atoms with Crippen molar-refractivity contribution in [1.29, 1.82) is 0 Å². The van der Waals surface area contributed by atoms with Crippen LogP contribution in [-0.2, 0) is 6.61 Å². The van der Waals surface area contributed by atoms with Crippen molar-refractivity contribution >= 4 is 0 Å². The number of benzene rings is 1. The molecule has 0 aliphatic rings. The molecule has 6 nitrogen and oxygen atoms in total. The second-order valence-electron chi connectivity index (χ2n) is 4.06. The van der Waals surface area contributed by atoms with Gasteiger partial charge in [-0.3, -0.25) is 0 Å². The Morgan fingerprint density at radius 2 is 2.21 bits per heavy atom. The molecule has 19 heavy (non-hydrogen) atoms. The van der Waals surface area contributed by atoms with E-state index in [9.17, 15) is 0 Å². The highest BCUT2D eigenvalue weighted by atomic mass is 16.5. The highest BCUT2D eigenvalue weighted by Crippen LogP contribution is 2.30. The Labute approximate surface area is 111 Å². The molecule has 102 valence electrons. The SMILES string of the molecule is CNC(C)c1ccc(OCc2ncon2)c(OC)c1. The van der Waals surface area contributed by atoms with Gasteiger partial charge in [0, 0.05) is 6.04 Å². The first-order valence-electron chi connectivity index (χ1n) is 5.98. The Morgan fingerprint density at radius 3 is 2.84 bits per heavy atom. The van der Waals surface area contributed by atoms with Crippen molar-refractivity contribution < 1.29 is 14.0 Å². The van der Waals surface area contributed by atoms with Gasteiger partial charge in [0.15, 0.2) is 18.1 Å². The van der Waals surface area contributed by atoms with E-state index in [4.69, 9.17) is 9.47 Å². The smallest absolute Gasteiger partial charge is 0.213 e. The van der Waals surface area contributed by atoms with Gasteiger partial charge in [-0.05, 0) is 31.7 Å². The van der Waals surface area contributed by atoms with Gasteiger partial charge in [0.05, 0.1) is 7.11 Å². The fourth-order valence-corrected chi connectivity index (χ4v) is 1.64. The molecule has 0 aliphatic heterocycles. The molecule has 0 saturated carbocycles. The van der Waals surface area contributed by atoms with Crippen molar-refractivity contribution in [2.45, 2.75) is 19.6 Å². The number of aromatic nitrogens is 2. The molecule has 0 radical (unpaired) electrons. The summed E-state index contributed by atoms with van der Waals surface area (Å²) >= 11 is 0. The van der Waals surface area contributed by atoms with Crippen LogP contribution in [0.3, 0.4) is 0 Å². The van der Waals surface area contributed by atoms with Crippen molar-refractivity contribution in [3.63, 3.8) is 0 Å². The van der Waals surface area contributed by atoms with Crippen LogP contribution in [0.25, 0.3) is 0 Å². The number of methoxy groups -OCH3 is 1. The number of ether oxygens (including phenoxy) is 2. The topological polar surface area (TPSA) is 69.4 Å². The molecule has 2 rings (SSSR count). The summed E-state index contributed by atoms with van der Waals surface area (Å²) in [6, 6.07) is 6.07. The van der Waals surface area contributed by atoms with Crippen molar-refractivity contribution in [3.8, 4) is 11.5 Å². The molecule has 0 saturated heterocycles.